The molecular weight excluding hydrogens is 908 g/mol. The summed E-state index contributed by atoms with van der Waals surface area (Å²) in [6, 6.07) is 61.4. The molecule has 0 saturated carbocycles. The van der Waals surface area contributed by atoms with E-state index in [1.807, 2.05) is 0 Å². The Kier molecular flexibility index (Phi) is 8.51. The molecule has 0 bridgehead atoms. The Morgan fingerprint density at radius 1 is 0.333 bits per heavy atom. The molecule has 356 valence electrons. The van der Waals surface area contributed by atoms with Crippen LogP contribution in [-0.4, -0.2) is 22.6 Å². The van der Waals surface area contributed by atoms with Crippen LogP contribution >= 0.6 is 0 Å². The molecule has 0 unspecified atom stereocenters. The van der Waals surface area contributed by atoms with Crippen LogP contribution < -0.4 is 42.4 Å². The fourth-order valence-electron chi connectivity index (χ4n) is 14.2. The molecule has 2 aromatic heterocycles. The molecule has 0 saturated heterocycles. The molecule has 0 atom stereocenters. The summed E-state index contributed by atoms with van der Waals surface area (Å²) in [5.41, 5.74) is 35.0. The zero-order valence-electron chi connectivity index (χ0n) is 43.9. The number of hydrogen-bond donors (Lipinski definition) is 0. The number of anilines is 3. The molecule has 6 heterocycles. The third-order valence-corrected chi connectivity index (χ3v) is 17.6. The molecule has 0 radical (unpaired) electrons. The molecule has 0 spiro atoms. The zero-order chi connectivity index (χ0) is 50.6. The Morgan fingerprint density at radius 2 is 0.893 bits per heavy atom. The lowest BCUT2D eigenvalue weighted by atomic mass is 9.30. The van der Waals surface area contributed by atoms with Gasteiger partial charge in [0, 0.05) is 67.1 Å². The van der Waals surface area contributed by atoms with Crippen molar-refractivity contribution < 1.29 is 4.74 Å². The Bertz CT molecular complexity index is 4630. The van der Waals surface area contributed by atoms with Crippen molar-refractivity contribution in [3.8, 4) is 45.1 Å². The summed E-state index contributed by atoms with van der Waals surface area (Å²) in [5, 5.41) is 5.20. The van der Waals surface area contributed by atoms with Crippen LogP contribution in [0.3, 0.4) is 0 Å². The van der Waals surface area contributed by atoms with Crippen LogP contribution in [0.5, 0.6) is 11.5 Å². The summed E-state index contributed by atoms with van der Waals surface area (Å²) in [4.78, 5) is 2.57. The minimum atomic E-state index is -0.0748. The van der Waals surface area contributed by atoms with Gasteiger partial charge in [0.05, 0.1) is 11.0 Å². The third kappa shape index (κ3) is 5.75. The highest BCUT2D eigenvalue weighted by atomic mass is 16.5. The van der Waals surface area contributed by atoms with E-state index in [1.54, 1.807) is 0 Å². The van der Waals surface area contributed by atoms with Gasteiger partial charge in [0.1, 0.15) is 11.5 Å². The molecule has 16 rings (SSSR count). The van der Waals surface area contributed by atoms with E-state index < -0.39 is 0 Å². The lowest BCUT2D eigenvalue weighted by Crippen LogP contribution is -2.64. The van der Waals surface area contributed by atoms with Crippen molar-refractivity contribution in [2.45, 2.75) is 62.3 Å². The molecule has 0 fully saturated rings. The van der Waals surface area contributed by atoms with Gasteiger partial charge in [-0.3, -0.25) is 0 Å². The predicted molar refractivity (Wildman–Crippen MR) is 319 cm³/mol. The summed E-state index contributed by atoms with van der Waals surface area (Å²) >= 11 is 0. The first-order valence-corrected chi connectivity index (χ1v) is 26.7. The van der Waals surface area contributed by atoms with Crippen molar-refractivity contribution in [3.63, 3.8) is 0 Å². The van der Waals surface area contributed by atoms with E-state index in [1.165, 1.54) is 166 Å². The van der Waals surface area contributed by atoms with Crippen LogP contribution in [0.15, 0.2) is 158 Å². The summed E-state index contributed by atoms with van der Waals surface area (Å²) in [6.45, 7) is 20.0. The van der Waals surface area contributed by atoms with Gasteiger partial charge in [-0.15, -0.1) is 0 Å². The van der Waals surface area contributed by atoms with Crippen molar-refractivity contribution in [2.75, 3.05) is 4.90 Å². The number of aryl methyl sites for hydroxylation is 9. The predicted octanol–water partition coefficient (Wildman–Crippen LogP) is 13.5. The van der Waals surface area contributed by atoms with Crippen LogP contribution in [0.2, 0.25) is 0 Å². The molecular formula is C69H53B2N3O. The molecule has 12 aromatic rings. The molecule has 0 aliphatic carbocycles. The molecule has 0 amide bonds. The molecule has 75 heavy (non-hydrogen) atoms. The Morgan fingerprint density at radius 3 is 1.59 bits per heavy atom. The standard InChI is InChI=1S/C69H53B2N3O/c1-36-12-19-47(20-13-36)72-59-35-63-55(71-65-44(9)18-21-48-51-26-39(4)14-22-57(51)74(69(48)65)62-32-46(33-64(75-63)67(62)71)50-25-38(3)11-17-43(50)8)34-54(59)70-56-29-41(6)28-53-52-27-40(5)15-23-58(52)73(68(53)56)61-31-45(30-60(72)66(61)70)49-24-37(2)10-16-42(49)7/h10-35H,1-9H3. The zero-order valence-corrected chi connectivity index (χ0v) is 43.9. The second-order valence-electron chi connectivity index (χ2n) is 22.7. The van der Waals surface area contributed by atoms with Crippen molar-refractivity contribution in [3.05, 3.63) is 208 Å². The monoisotopic (exact) mass is 961 g/mol. The van der Waals surface area contributed by atoms with Crippen molar-refractivity contribution in [1.82, 2.24) is 9.13 Å². The number of aromatic nitrogens is 2. The summed E-state index contributed by atoms with van der Waals surface area (Å²) in [7, 11) is 0. The highest BCUT2D eigenvalue weighted by Crippen LogP contribution is 2.47. The van der Waals surface area contributed by atoms with E-state index >= 15 is 0 Å². The van der Waals surface area contributed by atoms with Gasteiger partial charge in [-0.25, -0.2) is 0 Å². The molecule has 6 heteroatoms. The fourth-order valence-corrected chi connectivity index (χ4v) is 14.2. The van der Waals surface area contributed by atoms with Gasteiger partial charge in [-0.1, -0.05) is 124 Å². The van der Waals surface area contributed by atoms with E-state index in [0.717, 1.165) is 22.9 Å². The Labute approximate surface area is 438 Å². The maximum Gasteiger partial charge on any atom is 0.256 e. The minimum Gasteiger partial charge on any atom is -0.458 e. The first-order valence-electron chi connectivity index (χ1n) is 26.7. The lowest BCUT2D eigenvalue weighted by molar-refractivity contribution is 0.487. The van der Waals surface area contributed by atoms with Gasteiger partial charge >= 0.3 is 0 Å². The molecule has 10 aromatic carbocycles. The SMILES string of the molecule is Cc1ccc(N2c3cc4c(cc3B3c5c2cc(-c2cc(C)ccc2C)cc5-n2c5ccc(C)cc5c5cc(C)cc3c52)B2c3c(cc(-c5cc(C)ccc5C)cc3-n3c5ccc(C)cc5c5ccc(C)c2c53)O4)cc1. The third-order valence-electron chi connectivity index (χ3n) is 17.6. The number of hydrogen-bond acceptors (Lipinski definition) is 2. The highest BCUT2D eigenvalue weighted by molar-refractivity contribution is 7.02. The Hall–Kier alpha value is -8.47. The van der Waals surface area contributed by atoms with E-state index in [4.69, 9.17) is 4.74 Å². The van der Waals surface area contributed by atoms with Crippen LogP contribution in [-0.2, 0) is 0 Å². The van der Waals surface area contributed by atoms with Crippen molar-refractivity contribution >= 4 is 107 Å². The number of nitrogens with zero attached hydrogens (tertiary/aromatic N) is 3. The average Bonchev–Trinajstić information content (AvgIpc) is 3.92. The first-order chi connectivity index (χ1) is 36.4. The van der Waals surface area contributed by atoms with Gasteiger partial charge in [-0.05, 0) is 195 Å². The Balaban J connectivity index is 1.05. The largest absolute Gasteiger partial charge is 0.458 e. The van der Waals surface area contributed by atoms with Gasteiger partial charge in [0.2, 0.25) is 0 Å². The number of rotatable bonds is 3. The molecule has 4 aliphatic heterocycles. The van der Waals surface area contributed by atoms with Crippen LogP contribution in [0.1, 0.15) is 50.1 Å². The first kappa shape index (κ1) is 43.0. The van der Waals surface area contributed by atoms with E-state index in [0.29, 0.717) is 0 Å². The van der Waals surface area contributed by atoms with E-state index in [9.17, 15) is 0 Å². The number of ether oxygens (including phenoxy) is 1. The molecule has 4 aliphatic rings. The van der Waals surface area contributed by atoms with Crippen LogP contribution in [0.4, 0.5) is 17.1 Å². The summed E-state index contributed by atoms with van der Waals surface area (Å²) in [6.07, 6.45) is 0. The second kappa shape index (κ2) is 14.9. The number of fused-ring (bicyclic) bond motifs is 14. The summed E-state index contributed by atoms with van der Waals surface area (Å²) in [5.74, 6) is 1.83. The van der Waals surface area contributed by atoms with Crippen molar-refractivity contribution in [1.29, 1.82) is 0 Å². The summed E-state index contributed by atoms with van der Waals surface area (Å²) < 4.78 is 12.8. The van der Waals surface area contributed by atoms with Crippen LogP contribution in [0.25, 0.3) is 77.2 Å². The molecule has 0 N–H and O–H groups in total. The van der Waals surface area contributed by atoms with Crippen molar-refractivity contribution in [2.24, 2.45) is 0 Å². The quantitative estimate of drug-likeness (QED) is 0.165. The average molecular weight is 962 g/mol. The normalized spacial score (nSPS) is 13.4. The topological polar surface area (TPSA) is 22.3 Å². The van der Waals surface area contributed by atoms with Gasteiger partial charge < -0.3 is 18.8 Å². The maximum absolute atomic E-state index is 7.64. The van der Waals surface area contributed by atoms with E-state index in [2.05, 4.69) is 234 Å². The fraction of sp³-hybridized carbons (Fsp3) is 0.130. The van der Waals surface area contributed by atoms with Gasteiger partial charge in [0.15, 0.2) is 0 Å². The number of benzene rings is 10. The highest BCUT2D eigenvalue weighted by Gasteiger charge is 2.47. The van der Waals surface area contributed by atoms with Gasteiger partial charge in [-0.2, -0.15) is 0 Å². The van der Waals surface area contributed by atoms with Crippen LogP contribution in [0, 0.1) is 62.3 Å². The lowest BCUT2D eigenvalue weighted by Gasteiger charge is -2.42. The van der Waals surface area contributed by atoms with E-state index in [-0.39, 0.29) is 13.4 Å². The smallest absolute Gasteiger partial charge is 0.256 e. The second-order valence-corrected chi connectivity index (χ2v) is 22.7. The molecule has 4 nitrogen and oxygen atoms in total. The minimum absolute atomic E-state index is 0.0626. The maximum atomic E-state index is 7.64. The van der Waals surface area contributed by atoms with Gasteiger partial charge in [0.25, 0.3) is 13.4 Å².